The van der Waals surface area contributed by atoms with E-state index in [-0.39, 0.29) is 5.82 Å². The molecule has 1 heterocycles. The lowest BCUT2D eigenvalue weighted by molar-refractivity contribution is 0.110. The van der Waals surface area contributed by atoms with Crippen molar-refractivity contribution in [3.8, 4) is 5.75 Å². The molecule has 1 aliphatic heterocycles. The van der Waals surface area contributed by atoms with Crippen molar-refractivity contribution in [1.29, 1.82) is 0 Å². The average molecular weight is 294 g/mol. The molecule has 1 aromatic carbocycles. The number of hydrogen-bond donors (Lipinski definition) is 1. The molecule has 118 valence electrons. The molecule has 2 atom stereocenters. The number of ether oxygens (including phenoxy) is 1. The van der Waals surface area contributed by atoms with Gasteiger partial charge in [0.05, 0.1) is 7.11 Å². The highest BCUT2D eigenvalue weighted by Gasteiger charge is 2.27. The number of nitrogens with zero attached hydrogens (tertiary/aromatic N) is 1. The van der Waals surface area contributed by atoms with Gasteiger partial charge in [0.25, 0.3) is 0 Å². The zero-order valence-electron chi connectivity index (χ0n) is 13.5. The number of benzene rings is 1. The molecule has 1 saturated heterocycles. The van der Waals surface area contributed by atoms with Crippen LogP contribution in [0.4, 0.5) is 4.39 Å². The molecule has 0 radical (unpaired) electrons. The summed E-state index contributed by atoms with van der Waals surface area (Å²) >= 11 is 0. The third-order valence-electron chi connectivity index (χ3n) is 4.11. The summed E-state index contributed by atoms with van der Waals surface area (Å²) in [6.07, 6.45) is 1.13. The van der Waals surface area contributed by atoms with Gasteiger partial charge in [-0.15, -0.1) is 0 Å². The lowest BCUT2D eigenvalue weighted by atomic mass is 9.98. The van der Waals surface area contributed by atoms with Crippen molar-refractivity contribution in [3.63, 3.8) is 0 Å². The molecule has 0 amide bonds. The number of nitrogens with one attached hydrogen (secondary N) is 1. The molecule has 0 aliphatic carbocycles. The van der Waals surface area contributed by atoms with E-state index in [1.165, 1.54) is 7.11 Å². The lowest BCUT2D eigenvalue weighted by Crippen LogP contribution is -2.55. The Balaban J connectivity index is 2.14. The van der Waals surface area contributed by atoms with Crippen LogP contribution in [0.15, 0.2) is 18.2 Å². The second-order valence-corrected chi connectivity index (χ2v) is 6.46. The van der Waals surface area contributed by atoms with Gasteiger partial charge in [-0.3, -0.25) is 4.90 Å². The van der Waals surface area contributed by atoms with Gasteiger partial charge < -0.3 is 10.1 Å². The second kappa shape index (κ2) is 7.23. The SMILES string of the molecule is COc1cccc(CN2CC(C)NCC2CC(C)C)c1F. The standard InChI is InChI=1S/C17H27FN2O/c1-12(2)8-15-9-19-13(3)10-20(15)11-14-6-5-7-16(21-4)17(14)18/h5-7,12-13,15,19H,8-11H2,1-4H3. The van der Waals surface area contributed by atoms with Crippen molar-refractivity contribution >= 4 is 0 Å². The van der Waals surface area contributed by atoms with E-state index in [2.05, 4.69) is 31.0 Å². The maximum Gasteiger partial charge on any atom is 0.169 e. The van der Waals surface area contributed by atoms with Crippen molar-refractivity contribution in [2.75, 3.05) is 20.2 Å². The molecule has 21 heavy (non-hydrogen) atoms. The molecule has 0 saturated carbocycles. The van der Waals surface area contributed by atoms with Crippen molar-refractivity contribution < 1.29 is 9.13 Å². The number of rotatable bonds is 5. The van der Waals surface area contributed by atoms with Gasteiger partial charge in [-0.1, -0.05) is 26.0 Å². The van der Waals surface area contributed by atoms with Gasteiger partial charge >= 0.3 is 0 Å². The van der Waals surface area contributed by atoms with Crippen LogP contribution in [-0.4, -0.2) is 37.2 Å². The first-order valence-corrected chi connectivity index (χ1v) is 7.80. The van der Waals surface area contributed by atoms with Crippen LogP contribution in [0.2, 0.25) is 0 Å². The summed E-state index contributed by atoms with van der Waals surface area (Å²) in [5, 5.41) is 3.53. The monoisotopic (exact) mass is 294 g/mol. The van der Waals surface area contributed by atoms with Gasteiger partial charge in [0.1, 0.15) is 0 Å². The molecule has 2 unspecified atom stereocenters. The Morgan fingerprint density at radius 3 is 2.86 bits per heavy atom. The van der Waals surface area contributed by atoms with Gasteiger partial charge in [0.2, 0.25) is 0 Å². The Morgan fingerprint density at radius 1 is 1.43 bits per heavy atom. The maximum absolute atomic E-state index is 14.3. The van der Waals surface area contributed by atoms with Crippen LogP contribution >= 0.6 is 0 Å². The fourth-order valence-electron chi connectivity index (χ4n) is 3.06. The third-order valence-corrected chi connectivity index (χ3v) is 4.11. The molecular formula is C17H27FN2O. The highest BCUT2D eigenvalue weighted by Crippen LogP contribution is 2.24. The molecule has 1 fully saturated rings. The maximum atomic E-state index is 14.3. The van der Waals surface area contributed by atoms with E-state index < -0.39 is 0 Å². The Kier molecular flexibility index (Phi) is 5.59. The van der Waals surface area contributed by atoms with Crippen LogP contribution in [0.25, 0.3) is 0 Å². The Bertz CT molecular complexity index is 464. The predicted octanol–water partition coefficient (Wildman–Crippen LogP) is 3.04. The number of hydrogen-bond acceptors (Lipinski definition) is 3. The summed E-state index contributed by atoms with van der Waals surface area (Å²) in [5.41, 5.74) is 0.720. The lowest BCUT2D eigenvalue weighted by Gasteiger charge is -2.40. The molecule has 4 heteroatoms. The van der Waals surface area contributed by atoms with E-state index in [0.717, 1.165) is 25.1 Å². The van der Waals surface area contributed by atoms with E-state index >= 15 is 0 Å². The van der Waals surface area contributed by atoms with Crippen molar-refractivity contribution in [2.45, 2.75) is 45.8 Å². The predicted molar refractivity (Wildman–Crippen MR) is 84.1 cm³/mol. The first-order valence-electron chi connectivity index (χ1n) is 7.80. The highest BCUT2D eigenvalue weighted by molar-refractivity contribution is 5.31. The van der Waals surface area contributed by atoms with Crippen molar-refractivity contribution in [2.24, 2.45) is 5.92 Å². The van der Waals surface area contributed by atoms with E-state index in [4.69, 9.17) is 4.74 Å². The molecule has 1 aromatic rings. The van der Waals surface area contributed by atoms with Crippen LogP contribution < -0.4 is 10.1 Å². The summed E-state index contributed by atoms with van der Waals surface area (Å²) in [6, 6.07) is 6.30. The first-order chi connectivity index (χ1) is 10.0. The summed E-state index contributed by atoms with van der Waals surface area (Å²) < 4.78 is 19.4. The molecule has 0 bridgehead atoms. The zero-order chi connectivity index (χ0) is 15.4. The van der Waals surface area contributed by atoms with Gasteiger partial charge in [-0.25, -0.2) is 4.39 Å². The van der Waals surface area contributed by atoms with Gasteiger partial charge in [-0.2, -0.15) is 0 Å². The summed E-state index contributed by atoms with van der Waals surface area (Å²) in [7, 11) is 1.51. The fraction of sp³-hybridized carbons (Fsp3) is 0.647. The minimum absolute atomic E-state index is 0.227. The third kappa shape index (κ3) is 4.17. The summed E-state index contributed by atoms with van der Waals surface area (Å²) in [5.74, 6) is 0.744. The average Bonchev–Trinajstić information content (AvgIpc) is 2.43. The summed E-state index contributed by atoms with van der Waals surface area (Å²) in [6.45, 7) is 9.23. The Labute approximate surface area is 127 Å². The van der Waals surface area contributed by atoms with Crippen molar-refractivity contribution in [3.05, 3.63) is 29.6 Å². The van der Waals surface area contributed by atoms with Crippen molar-refractivity contribution in [1.82, 2.24) is 10.2 Å². The van der Waals surface area contributed by atoms with Crippen LogP contribution in [0, 0.1) is 11.7 Å². The number of methoxy groups -OCH3 is 1. The molecule has 1 aliphatic rings. The molecule has 1 N–H and O–H groups in total. The van der Waals surface area contributed by atoms with Crippen LogP contribution in [-0.2, 0) is 6.54 Å². The summed E-state index contributed by atoms with van der Waals surface area (Å²) in [4.78, 5) is 2.40. The Hall–Kier alpha value is -1.13. The van der Waals surface area contributed by atoms with E-state index in [1.54, 1.807) is 6.07 Å². The molecule has 0 aromatic heterocycles. The smallest absolute Gasteiger partial charge is 0.169 e. The molecule has 2 rings (SSSR count). The highest BCUT2D eigenvalue weighted by atomic mass is 19.1. The van der Waals surface area contributed by atoms with Crippen LogP contribution in [0.5, 0.6) is 5.75 Å². The largest absolute Gasteiger partial charge is 0.494 e. The first kappa shape index (κ1) is 16.2. The molecule has 0 spiro atoms. The van der Waals surface area contributed by atoms with Gasteiger partial charge in [-0.05, 0) is 25.3 Å². The topological polar surface area (TPSA) is 24.5 Å². The van der Waals surface area contributed by atoms with Crippen LogP contribution in [0.1, 0.15) is 32.8 Å². The molecular weight excluding hydrogens is 267 g/mol. The minimum atomic E-state index is -0.227. The van der Waals surface area contributed by atoms with Gasteiger partial charge in [0, 0.05) is 37.3 Å². The van der Waals surface area contributed by atoms with Crippen LogP contribution in [0.3, 0.4) is 0 Å². The number of halogens is 1. The van der Waals surface area contributed by atoms with E-state index in [0.29, 0.717) is 30.3 Å². The van der Waals surface area contributed by atoms with E-state index in [1.807, 2.05) is 12.1 Å². The fourth-order valence-corrected chi connectivity index (χ4v) is 3.06. The number of piperazine rings is 1. The minimum Gasteiger partial charge on any atom is -0.494 e. The Morgan fingerprint density at radius 2 is 2.19 bits per heavy atom. The van der Waals surface area contributed by atoms with Gasteiger partial charge in [0.15, 0.2) is 11.6 Å². The van der Waals surface area contributed by atoms with E-state index in [9.17, 15) is 4.39 Å². The quantitative estimate of drug-likeness (QED) is 0.903. The second-order valence-electron chi connectivity index (χ2n) is 6.46. The zero-order valence-corrected chi connectivity index (χ0v) is 13.5. The molecule has 3 nitrogen and oxygen atoms in total. The normalized spacial score (nSPS) is 23.5.